The Labute approximate surface area is 133 Å². The monoisotopic (exact) mass is 333 g/mol. The van der Waals surface area contributed by atoms with Gasteiger partial charge < -0.3 is 4.74 Å². The van der Waals surface area contributed by atoms with Crippen LogP contribution in [0.25, 0.3) is 0 Å². The van der Waals surface area contributed by atoms with Crippen molar-refractivity contribution in [1.29, 1.82) is 0 Å². The van der Waals surface area contributed by atoms with E-state index in [0.29, 0.717) is 23.0 Å². The topological polar surface area (TPSA) is 55.8 Å². The fraction of sp³-hybridized carbons (Fsp3) is 0.429. The van der Waals surface area contributed by atoms with Crippen molar-refractivity contribution in [2.75, 3.05) is 7.11 Å². The van der Waals surface area contributed by atoms with Gasteiger partial charge in [-0.1, -0.05) is 25.4 Å². The van der Waals surface area contributed by atoms with Crippen LogP contribution < -0.4 is 0 Å². The van der Waals surface area contributed by atoms with Gasteiger partial charge in [0, 0.05) is 17.3 Å². The Balaban J connectivity index is 2.81. The SMILES string of the molecule is CCC(Cl)(CC)ON(Cl)C(=O)c1ccc(C(=O)OC)cc1. The molecule has 116 valence electrons. The number of hydrogen-bond donors (Lipinski definition) is 0. The number of rotatable bonds is 6. The maximum atomic E-state index is 12.1. The van der Waals surface area contributed by atoms with E-state index in [-0.39, 0.29) is 5.56 Å². The summed E-state index contributed by atoms with van der Waals surface area (Å²) in [6.07, 6.45) is 0.978. The largest absolute Gasteiger partial charge is 0.465 e. The van der Waals surface area contributed by atoms with Crippen LogP contribution in [0.4, 0.5) is 0 Å². The third-order valence-corrected chi connectivity index (χ3v) is 3.84. The van der Waals surface area contributed by atoms with Gasteiger partial charge in [0.05, 0.1) is 12.7 Å². The number of hydroxylamine groups is 1. The van der Waals surface area contributed by atoms with Crippen LogP contribution in [0.1, 0.15) is 47.4 Å². The molecule has 0 radical (unpaired) electrons. The maximum absolute atomic E-state index is 12.1. The first kappa shape index (κ1) is 17.8. The Morgan fingerprint density at radius 2 is 1.62 bits per heavy atom. The van der Waals surface area contributed by atoms with Gasteiger partial charge in [0.1, 0.15) is 0 Å². The fourth-order valence-corrected chi connectivity index (χ4v) is 1.87. The first-order valence-electron chi connectivity index (χ1n) is 6.43. The molecular weight excluding hydrogens is 317 g/mol. The zero-order valence-corrected chi connectivity index (χ0v) is 13.6. The minimum absolute atomic E-state index is 0.267. The van der Waals surface area contributed by atoms with Gasteiger partial charge in [0.2, 0.25) is 0 Å². The fourth-order valence-electron chi connectivity index (χ4n) is 1.53. The third kappa shape index (κ3) is 4.59. The van der Waals surface area contributed by atoms with E-state index in [2.05, 4.69) is 4.74 Å². The van der Waals surface area contributed by atoms with Crippen molar-refractivity contribution in [3.05, 3.63) is 35.4 Å². The Bertz CT molecular complexity index is 500. The van der Waals surface area contributed by atoms with Crippen molar-refractivity contribution in [1.82, 2.24) is 4.58 Å². The molecule has 0 aliphatic rings. The second-order valence-corrected chi connectivity index (χ2v) is 5.30. The molecule has 7 heteroatoms. The summed E-state index contributed by atoms with van der Waals surface area (Å²) >= 11 is 12.0. The van der Waals surface area contributed by atoms with E-state index in [1.165, 1.54) is 31.4 Å². The van der Waals surface area contributed by atoms with E-state index in [0.717, 1.165) is 0 Å². The molecule has 1 rings (SSSR count). The second kappa shape index (κ2) is 7.64. The summed E-state index contributed by atoms with van der Waals surface area (Å²) in [5.74, 6) is -1.05. The summed E-state index contributed by atoms with van der Waals surface area (Å²) in [7, 11) is 1.28. The predicted octanol–water partition coefficient (Wildman–Crippen LogP) is 3.76. The second-order valence-electron chi connectivity index (χ2n) is 4.30. The zero-order chi connectivity index (χ0) is 16.0. The van der Waals surface area contributed by atoms with Crippen LogP contribution in [0.15, 0.2) is 24.3 Å². The van der Waals surface area contributed by atoms with Gasteiger partial charge >= 0.3 is 5.97 Å². The van der Waals surface area contributed by atoms with Crippen molar-refractivity contribution in [3.63, 3.8) is 0 Å². The van der Waals surface area contributed by atoms with Crippen molar-refractivity contribution < 1.29 is 19.2 Å². The Kier molecular flexibility index (Phi) is 6.45. The van der Waals surface area contributed by atoms with E-state index in [4.69, 9.17) is 28.2 Å². The Morgan fingerprint density at radius 1 is 1.14 bits per heavy atom. The number of halogens is 2. The molecule has 0 atom stereocenters. The van der Waals surface area contributed by atoms with Crippen molar-refractivity contribution >= 4 is 35.3 Å². The molecule has 1 aromatic rings. The van der Waals surface area contributed by atoms with E-state index >= 15 is 0 Å². The number of hydrogen-bond acceptors (Lipinski definition) is 4. The lowest BCUT2D eigenvalue weighted by atomic mass is 10.1. The molecule has 0 fully saturated rings. The molecule has 1 amide bonds. The van der Waals surface area contributed by atoms with Gasteiger partial charge in [-0.2, -0.15) is 0 Å². The molecule has 0 saturated carbocycles. The highest BCUT2D eigenvalue weighted by molar-refractivity contribution is 6.25. The maximum Gasteiger partial charge on any atom is 0.337 e. The van der Waals surface area contributed by atoms with Gasteiger partial charge in [-0.05, 0) is 37.1 Å². The minimum atomic E-state index is -1.02. The minimum Gasteiger partial charge on any atom is -0.465 e. The summed E-state index contributed by atoms with van der Waals surface area (Å²) in [6.45, 7) is 3.66. The van der Waals surface area contributed by atoms with Gasteiger partial charge in [-0.15, -0.1) is 4.58 Å². The molecule has 0 spiro atoms. The van der Waals surface area contributed by atoms with Gasteiger partial charge in [0.25, 0.3) is 5.91 Å². The van der Waals surface area contributed by atoms with Crippen LogP contribution in [-0.4, -0.2) is 28.6 Å². The van der Waals surface area contributed by atoms with Gasteiger partial charge in [-0.3, -0.25) is 4.79 Å². The highest BCUT2D eigenvalue weighted by Gasteiger charge is 2.30. The van der Waals surface area contributed by atoms with E-state index in [1.807, 2.05) is 13.8 Å². The first-order chi connectivity index (χ1) is 9.86. The molecule has 0 bridgehead atoms. The van der Waals surface area contributed by atoms with Crippen LogP contribution in [0.2, 0.25) is 0 Å². The summed E-state index contributed by atoms with van der Waals surface area (Å²) in [5.41, 5.74) is 0.605. The lowest BCUT2D eigenvalue weighted by Crippen LogP contribution is -2.34. The average molecular weight is 334 g/mol. The molecule has 0 saturated heterocycles. The smallest absolute Gasteiger partial charge is 0.337 e. The third-order valence-electron chi connectivity index (χ3n) is 3.01. The molecule has 0 aliphatic carbocycles. The highest BCUT2D eigenvalue weighted by atomic mass is 35.5. The first-order valence-corrected chi connectivity index (χ1v) is 7.15. The number of amides is 1. The number of esters is 1. The molecule has 0 heterocycles. The van der Waals surface area contributed by atoms with E-state index in [1.54, 1.807) is 0 Å². The van der Waals surface area contributed by atoms with Crippen molar-refractivity contribution in [2.24, 2.45) is 0 Å². The number of carbonyl (C=O) groups excluding carboxylic acids is 2. The lowest BCUT2D eigenvalue weighted by molar-refractivity contribution is -0.130. The number of alkyl halides is 1. The molecule has 21 heavy (non-hydrogen) atoms. The molecular formula is C14H17Cl2NO4. The van der Waals surface area contributed by atoms with Crippen LogP contribution in [0.3, 0.4) is 0 Å². The molecule has 0 N–H and O–H groups in total. The quantitative estimate of drug-likeness (QED) is 0.344. The van der Waals surface area contributed by atoms with E-state index < -0.39 is 16.9 Å². The molecule has 5 nitrogen and oxygen atoms in total. The summed E-state index contributed by atoms with van der Waals surface area (Å²) in [6, 6.07) is 5.86. The van der Waals surface area contributed by atoms with Crippen LogP contribution >= 0.6 is 23.4 Å². The number of ether oxygens (including phenoxy) is 1. The van der Waals surface area contributed by atoms with Gasteiger partial charge in [-0.25, -0.2) is 9.63 Å². The number of carbonyl (C=O) groups is 2. The normalized spacial score (nSPS) is 11.1. The molecule has 0 aliphatic heterocycles. The van der Waals surface area contributed by atoms with Crippen molar-refractivity contribution in [2.45, 2.75) is 31.7 Å². The Hall–Kier alpha value is -1.30. The number of benzene rings is 1. The summed E-state index contributed by atoms with van der Waals surface area (Å²) in [4.78, 5) is 28.7. The van der Waals surface area contributed by atoms with Crippen LogP contribution in [0, 0.1) is 0 Å². The molecule has 0 unspecified atom stereocenters. The standard InChI is InChI=1S/C14H17Cl2NO4/c1-4-14(15,5-2)21-17(16)12(18)10-6-8-11(9-7-10)13(19)20-3/h6-9H,4-5H2,1-3H3. The number of nitrogens with zero attached hydrogens (tertiary/aromatic N) is 1. The molecule has 1 aromatic carbocycles. The van der Waals surface area contributed by atoms with Crippen LogP contribution in [-0.2, 0) is 9.57 Å². The lowest BCUT2D eigenvalue weighted by Gasteiger charge is -2.27. The van der Waals surface area contributed by atoms with E-state index in [9.17, 15) is 9.59 Å². The Morgan fingerprint density at radius 3 is 2.05 bits per heavy atom. The van der Waals surface area contributed by atoms with Crippen molar-refractivity contribution in [3.8, 4) is 0 Å². The highest BCUT2D eigenvalue weighted by Crippen LogP contribution is 2.28. The summed E-state index contributed by atoms with van der Waals surface area (Å²) < 4.78 is 5.17. The average Bonchev–Trinajstić information content (AvgIpc) is 2.53. The number of methoxy groups -OCH3 is 1. The molecule has 0 aromatic heterocycles. The van der Waals surface area contributed by atoms with Gasteiger partial charge in [0.15, 0.2) is 5.06 Å². The van der Waals surface area contributed by atoms with Crippen LogP contribution in [0.5, 0.6) is 0 Å². The zero-order valence-electron chi connectivity index (χ0n) is 12.1. The predicted molar refractivity (Wildman–Crippen MR) is 80.1 cm³/mol. The summed E-state index contributed by atoms with van der Waals surface area (Å²) in [5, 5.41) is -1.02.